The van der Waals surface area contributed by atoms with Crippen LogP contribution < -0.4 is 5.32 Å². The van der Waals surface area contributed by atoms with Crippen molar-refractivity contribution in [2.75, 3.05) is 45.8 Å². The van der Waals surface area contributed by atoms with E-state index in [1.165, 1.54) is 0 Å². The van der Waals surface area contributed by atoms with E-state index in [0.29, 0.717) is 25.7 Å². The molecular weight excluding hydrogens is 342 g/mol. The fourth-order valence-corrected chi connectivity index (χ4v) is 3.55. The average molecular weight is 369 g/mol. The first kappa shape index (κ1) is 18.1. The zero-order valence-corrected chi connectivity index (χ0v) is 15.6. The van der Waals surface area contributed by atoms with Gasteiger partial charge in [-0.1, -0.05) is 30.3 Å². The highest BCUT2D eigenvalue weighted by atomic mass is 16.2. The van der Waals surface area contributed by atoms with Gasteiger partial charge in [0.1, 0.15) is 0 Å². The molecule has 1 saturated heterocycles. The van der Waals surface area contributed by atoms with Crippen LogP contribution in [0.3, 0.4) is 0 Å². The Labute approximate surface area is 160 Å². The molecule has 1 aliphatic carbocycles. The van der Waals surface area contributed by atoms with Crippen molar-refractivity contribution in [3.8, 4) is 0 Å². The molecule has 1 N–H and O–H groups in total. The molecule has 2 aliphatic heterocycles. The number of piperazine rings is 1. The SMILES string of the molecule is O=C(CN1CCN(CC(=O)N2CCC(c3ccccc3)=N2)CC1)NC1CC1. The first-order valence-corrected chi connectivity index (χ1v) is 9.85. The summed E-state index contributed by atoms with van der Waals surface area (Å²) in [5, 5.41) is 9.16. The molecule has 144 valence electrons. The molecule has 2 fully saturated rings. The third-order valence-electron chi connectivity index (χ3n) is 5.33. The van der Waals surface area contributed by atoms with Gasteiger partial charge in [0.25, 0.3) is 5.91 Å². The number of hydrogen-bond acceptors (Lipinski definition) is 5. The molecular formula is C20H27N5O2. The number of carbonyl (C=O) groups is 2. The molecule has 0 bridgehead atoms. The Balaban J connectivity index is 1.21. The van der Waals surface area contributed by atoms with Gasteiger partial charge in [0.15, 0.2) is 0 Å². The molecule has 0 atom stereocenters. The van der Waals surface area contributed by atoms with E-state index in [1.807, 2.05) is 30.3 Å². The highest BCUT2D eigenvalue weighted by Gasteiger charge is 2.27. The number of nitrogens with zero attached hydrogens (tertiary/aromatic N) is 4. The van der Waals surface area contributed by atoms with Crippen molar-refractivity contribution in [2.45, 2.75) is 25.3 Å². The lowest BCUT2D eigenvalue weighted by Gasteiger charge is -2.34. The molecule has 7 nitrogen and oxygen atoms in total. The maximum Gasteiger partial charge on any atom is 0.256 e. The van der Waals surface area contributed by atoms with Crippen molar-refractivity contribution >= 4 is 17.5 Å². The van der Waals surface area contributed by atoms with Crippen molar-refractivity contribution < 1.29 is 9.59 Å². The van der Waals surface area contributed by atoms with Gasteiger partial charge in [-0.25, -0.2) is 5.01 Å². The molecule has 1 saturated carbocycles. The van der Waals surface area contributed by atoms with Gasteiger partial charge < -0.3 is 5.32 Å². The second-order valence-corrected chi connectivity index (χ2v) is 7.57. The van der Waals surface area contributed by atoms with E-state index < -0.39 is 0 Å². The zero-order valence-electron chi connectivity index (χ0n) is 15.6. The molecule has 1 aromatic rings. The Morgan fingerprint density at radius 3 is 2.30 bits per heavy atom. The van der Waals surface area contributed by atoms with Gasteiger partial charge in [-0.3, -0.25) is 19.4 Å². The van der Waals surface area contributed by atoms with Crippen LogP contribution in [0.25, 0.3) is 0 Å². The van der Waals surface area contributed by atoms with E-state index in [-0.39, 0.29) is 11.8 Å². The van der Waals surface area contributed by atoms with E-state index in [2.05, 4.69) is 20.2 Å². The Morgan fingerprint density at radius 2 is 1.63 bits per heavy atom. The number of nitrogens with one attached hydrogen (secondary N) is 1. The van der Waals surface area contributed by atoms with Gasteiger partial charge >= 0.3 is 0 Å². The molecule has 3 aliphatic rings. The van der Waals surface area contributed by atoms with Gasteiger partial charge in [0.05, 0.1) is 25.3 Å². The van der Waals surface area contributed by atoms with Crippen molar-refractivity contribution in [1.82, 2.24) is 20.1 Å². The minimum absolute atomic E-state index is 0.0563. The predicted octanol–water partition coefficient (Wildman–Crippen LogP) is 0.519. The maximum absolute atomic E-state index is 12.6. The van der Waals surface area contributed by atoms with E-state index in [9.17, 15) is 9.59 Å². The quantitative estimate of drug-likeness (QED) is 0.794. The number of hydrazone groups is 1. The van der Waals surface area contributed by atoms with Crippen molar-refractivity contribution in [3.63, 3.8) is 0 Å². The number of benzene rings is 1. The minimum atomic E-state index is 0.0563. The van der Waals surface area contributed by atoms with E-state index in [4.69, 9.17) is 0 Å². The lowest BCUT2D eigenvalue weighted by molar-refractivity contribution is -0.132. The summed E-state index contributed by atoms with van der Waals surface area (Å²) in [6, 6.07) is 10.5. The molecule has 0 spiro atoms. The summed E-state index contributed by atoms with van der Waals surface area (Å²) in [6.07, 6.45) is 3.04. The predicted molar refractivity (Wildman–Crippen MR) is 103 cm³/mol. The Bertz CT molecular complexity index is 708. The van der Waals surface area contributed by atoms with E-state index >= 15 is 0 Å². The van der Waals surface area contributed by atoms with Crippen LogP contribution in [0.4, 0.5) is 0 Å². The van der Waals surface area contributed by atoms with Crippen LogP contribution in [-0.4, -0.2) is 84.2 Å². The largest absolute Gasteiger partial charge is 0.352 e. The number of rotatable bonds is 6. The second kappa shape index (κ2) is 8.19. The first-order chi connectivity index (χ1) is 13.2. The van der Waals surface area contributed by atoms with Gasteiger partial charge in [-0.05, 0) is 18.4 Å². The fraction of sp³-hybridized carbons (Fsp3) is 0.550. The summed E-state index contributed by atoms with van der Waals surface area (Å²) >= 11 is 0. The molecule has 1 aromatic carbocycles. The van der Waals surface area contributed by atoms with Crippen LogP contribution in [0.1, 0.15) is 24.8 Å². The van der Waals surface area contributed by atoms with Gasteiger partial charge in [0, 0.05) is 38.6 Å². The normalized spacial score (nSPS) is 21.2. The van der Waals surface area contributed by atoms with Crippen molar-refractivity contribution in [2.24, 2.45) is 5.10 Å². The molecule has 27 heavy (non-hydrogen) atoms. The lowest BCUT2D eigenvalue weighted by Crippen LogP contribution is -2.51. The fourth-order valence-electron chi connectivity index (χ4n) is 3.55. The third-order valence-corrected chi connectivity index (χ3v) is 5.33. The van der Waals surface area contributed by atoms with Crippen molar-refractivity contribution in [3.05, 3.63) is 35.9 Å². The van der Waals surface area contributed by atoms with Crippen LogP contribution in [0.5, 0.6) is 0 Å². The second-order valence-electron chi connectivity index (χ2n) is 7.57. The molecule has 7 heteroatoms. The highest BCUT2D eigenvalue weighted by molar-refractivity contribution is 6.02. The maximum atomic E-state index is 12.6. The lowest BCUT2D eigenvalue weighted by atomic mass is 10.1. The highest BCUT2D eigenvalue weighted by Crippen LogP contribution is 2.18. The van der Waals surface area contributed by atoms with Crippen LogP contribution in [0.15, 0.2) is 35.4 Å². The number of amides is 2. The number of hydrogen-bond donors (Lipinski definition) is 1. The topological polar surface area (TPSA) is 68.2 Å². The van der Waals surface area contributed by atoms with E-state index in [1.54, 1.807) is 5.01 Å². The van der Waals surface area contributed by atoms with Crippen LogP contribution in [0, 0.1) is 0 Å². The summed E-state index contributed by atoms with van der Waals surface area (Å²) in [7, 11) is 0. The Morgan fingerprint density at radius 1 is 0.963 bits per heavy atom. The molecule has 0 radical (unpaired) electrons. The van der Waals surface area contributed by atoms with Gasteiger partial charge in [-0.2, -0.15) is 5.10 Å². The van der Waals surface area contributed by atoms with Crippen LogP contribution in [0.2, 0.25) is 0 Å². The summed E-state index contributed by atoms with van der Waals surface area (Å²) in [5.41, 5.74) is 2.07. The zero-order chi connectivity index (χ0) is 18.6. The van der Waals surface area contributed by atoms with Crippen LogP contribution >= 0.6 is 0 Å². The Kier molecular flexibility index (Phi) is 5.50. The summed E-state index contributed by atoms with van der Waals surface area (Å²) < 4.78 is 0. The summed E-state index contributed by atoms with van der Waals surface area (Å²) in [6.45, 7) is 4.79. The number of carbonyl (C=O) groups excluding carboxylic acids is 2. The first-order valence-electron chi connectivity index (χ1n) is 9.85. The summed E-state index contributed by atoms with van der Waals surface area (Å²) in [4.78, 5) is 28.8. The monoisotopic (exact) mass is 369 g/mol. The molecule has 4 rings (SSSR count). The minimum Gasteiger partial charge on any atom is -0.352 e. The van der Waals surface area contributed by atoms with Crippen molar-refractivity contribution in [1.29, 1.82) is 0 Å². The smallest absolute Gasteiger partial charge is 0.256 e. The van der Waals surface area contributed by atoms with Crippen LogP contribution in [-0.2, 0) is 9.59 Å². The summed E-state index contributed by atoms with van der Waals surface area (Å²) in [5.74, 6) is 0.183. The average Bonchev–Trinajstić information content (AvgIpc) is 3.34. The Hall–Kier alpha value is -2.25. The van der Waals surface area contributed by atoms with E-state index in [0.717, 1.165) is 56.7 Å². The standard InChI is InChI=1S/C20H27N5O2/c26-19(21-17-6-7-17)14-23-10-12-24(13-11-23)15-20(27)25-9-8-18(22-25)16-4-2-1-3-5-16/h1-5,17H,6-15H2,(H,21,26). The molecule has 2 heterocycles. The third kappa shape index (κ3) is 4.93. The van der Waals surface area contributed by atoms with Gasteiger partial charge in [-0.15, -0.1) is 0 Å². The molecule has 0 unspecified atom stereocenters. The molecule has 0 aromatic heterocycles. The van der Waals surface area contributed by atoms with Gasteiger partial charge in [0.2, 0.25) is 5.91 Å². The molecule has 2 amide bonds.